The number of carbonyl (C=O) groups is 1. The van der Waals surface area contributed by atoms with Crippen LogP contribution in [0.4, 0.5) is 0 Å². The summed E-state index contributed by atoms with van der Waals surface area (Å²) in [4.78, 5) is 30.0. The van der Waals surface area contributed by atoms with Gasteiger partial charge in [0.2, 0.25) is 0 Å². The Kier molecular flexibility index (Phi) is 6.58. The standard InChI is InChI=1S/C23H24N2O5S/c1-28-17-8-5-15(6-9-17)14-31-23-24-20-12-16(22(27)29-2)7-10-19(20)21(26)25(23)13-18-4-3-11-30-18/h5-10,12,18H,3-4,11,13-14H2,1-2H3. The maximum Gasteiger partial charge on any atom is 0.337 e. The van der Waals surface area contributed by atoms with Crippen molar-refractivity contribution in [1.29, 1.82) is 0 Å². The molecule has 162 valence electrons. The van der Waals surface area contributed by atoms with Crippen LogP contribution in [0.3, 0.4) is 0 Å². The Labute approximate surface area is 184 Å². The molecule has 2 heterocycles. The third-order valence-electron chi connectivity index (χ3n) is 5.28. The van der Waals surface area contributed by atoms with E-state index in [2.05, 4.69) is 0 Å². The van der Waals surface area contributed by atoms with Crippen molar-refractivity contribution in [1.82, 2.24) is 9.55 Å². The Morgan fingerprint density at radius 1 is 1.23 bits per heavy atom. The molecule has 1 atom stereocenters. The Bertz CT molecular complexity index is 1140. The molecule has 4 rings (SSSR count). The highest BCUT2D eigenvalue weighted by molar-refractivity contribution is 7.98. The van der Waals surface area contributed by atoms with Crippen molar-refractivity contribution in [3.05, 3.63) is 63.9 Å². The molecule has 1 aliphatic heterocycles. The van der Waals surface area contributed by atoms with Crippen molar-refractivity contribution >= 4 is 28.6 Å². The predicted molar refractivity (Wildman–Crippen MR) is 119 cm³/mol. The van der Waals surface area contributed by atoms with E-state index in [1.807, 2.05) is 24.3 Å². The van der Waals surface area contributed by atoms with Crippen LogP contribution in [0.5, 0.6) is 5.75 Å². The molecule has 0 saturated carbocycles. The molecule has 31 heavy (non-hydrogen) atoms. The third kappa shape index (κ3) is 4.75. The van der Waals surface area contributed by atoms with Gasteiger partial charge in [-0.25, -0.2) is 9.78 Å². The Balaban J connectivity index is 1.70. The Morgan fingerprint density at radius 3 is 2.71 bits per heavy atom. The molecule has 8 heteroatoms. The van der Waals surface area contributed by atoms with Crippen molar-refractivity contribution < 1.29 is 19.0 Å². The highest BCUT2D eigenvalue weighted by Gasteiger charge is 2.21. The van der Waals surface area contributed by atoms with Gasteiger partial charge in [0.1, 0.15) is 5.75 Å². The smallest absolute Gasteiger partial charge is 0.337 e. The first-order valence-electron chi connectivity index (χ1n) is 10.1. The summed E-state index contributed by atoms with van der Waals surface area (Å²) in [6, 6.07) is 12.6. The van der Waals surface area contributed by atoms with Crippen molar-refractivity contribution in [2.45, 2.75) is 36.4 Å². The number of nitrogens with zero attached hydrogens (tertiary/aromatic N) is 2. The fraction of sp³-hybridized carbons (Fsp3) is 0.348. The van der Waals surface area contributed by atoms with E-state index in [1.54, 1.807) is 29.9 Å². The zero-order valence-electron chi connectivity index (χ0n) is 17.5. The summed E-state index contributed by atoms with van der Waals surface area (Å²) < 4.78 is 17.5. The highest BCUT2D eigenvalue weighted by atomic mass is 32.2. The molecule has 0 bridgehead atoms. The van der Waals surface area contributed by atoms with Gasteiger partial charge in [-0.05, 0) is 48.7 Å². The second-order valence-corrected chi connectivity index (χ2v) is 8.25. The van der Waals surface area contributed by atoms with Crippen LogP contribution in [-0.4, -0.2) is 42.5 Å². The number of hydrogen-bond donors (Lipinski definition) is 0. The summed E-state index contributed by atoms with van der Waals surface area (Å²) in [5, 5.41) is 1.07. The Hall–Kier alpha value is -2.84. The van der Waals surface area contributed by atoms with Crippen LogP contribution >= 0.6 is 11.8 Å². The molecule has 3 aromatic rings. The molecular weight excluding hydrogens is 416 g/mol. The number of methoxy groups -OCH3 is 2. The van der Waals surface area contributed by atoms with E-state index >= 15 is 0 Å². The number of esters is 1. The van der Waals surface area contributed by atoms with Crippen LogP contribution in [0.2, 0.25) is 0 Å². The first-order chi connectivity index (χ1) is 15.1. The van der Waals surface area contributed by atoms with Crippen molar-refractivity contribution in [2.24, 2.45) is 0 Å². The summed E-state index contributed by atoms with van der Waals surface area (Å²) >= 11 is 1.49. The van der Waals surface area contributed by atoms with Crippen molar-refractivity contribution in [3.63, 3.8) is 0 Å². The second-order valence-electron chi connectivity index (χ2n) is 7.31. The number of ether oxygens (including phenoxy) is 3. The van der Waals surface area contributed by atoms with Gasteiger partial charge in [0.15, 0.2) is 5.16 Å². The predicted octanol–water partition coefficient (Wildman–Crippen LogP) is 3.66. The maximum absolute atomic E-state index is 13.3. The molecule has 0 N–H and O–H groups in total. The summed E-state index contributed by atoms with van der Waals surface area (Å²) in [6.45, 7) is 1.18. The summed E-state index contributed by atoms with van der Waals surface area (Å²) in [7, 11) is 2.96. The average molecular weight is 441 g/mol. The van der Waals surface area contributed by atoms with Gasteiger partial charge >= 0.3 is 5.97 Å². The van der Waals surface area contributed by atoms with E-state index in [4.69, 9.17) is 19.2 Å². The first kappa shape index (κ1) is 21.4. The van der Waals surface area contributed by atoms with Crippen LogP contribution in [-0.2, 0) is 21.8 Å². The van der Waals surface area contributed by atoms with E-state index in [0.29, 0.717) is 33.9 Å². The molecule has 1 aromatic heterocycles. The first-order valence-corrected chi connectivity index (χ1v) is 11.1. The molecule has 1 aliphatic rings. The molecular formula is C23H24N2O5S. The molecule has 1 unspecified atom stereocenters. The number of carbonyl (C=O) groups excluding carboxylic acids is 1. The minimum atomic E-state index is -0.459. The topological polar surface area (TPSA) is 79.7 Å². The van der Waals surface area contributed by atoms with E-state index in [0.717, 1.165) is 30.8 Å². The lowest BCUT2D eigenvalue weighted by atomic mass is 10.1. The zero-order chi connectivity index (χ0) is 21.8. The summed E-state index contributed by atoms with van der Waals surface area (Å²) in [5.41, 5.74) is 1.81. The van der Waals surface area contributed by atoms with Gasteiger partial charge in [0.25, 0.3) is 5.56 Å². The largest absolute Gasteiger partial charge is 0.497 e. The van der Waals surface area contributed by atoms with Gasteiger partial charge < -0.3 is 14.2 Å². The third-order valence-corrected chi connectivity index (χ3v) is 6.33. The molecule has 0 aliphatic carbocycles. The van der Waals surface area contributed by atoms with Gasteiger partial charge in [-0.1, -0.05) is 23.9 Å². The second kappa shape index (κ2) is 9.53. The van der Waals surface area contributed by atoms with Crippen LogP contribution in [0.1, 0.15) is 28.8 Å². The van der Waals surface area contributed by atoms with Crippen LogP contribution < -0.4 is 10.3 Å². The number of aromatic nitrogens is 2. The number of benzene rings is 2. The zero-order valence-corrected chi connectivity index (χ0v) is 18.3. The molecule has 7 nitrogen and oxygen atoms in total. The normalized spacial score (nSPS) is 15.9. The lowest BCUT2D eigenvalue weighted by molar-refractivity contribution is 0.0601. The SMILES string of the molecule is COC(=O)c1ccc2c(=O)n(CC3CCCO3)c(SCc3ccc(OC)cc3)nc2c1. The van der Waals surface area contributed by atoms with Gasteiger partial charge in [-0.3, -0.25) is 9.36 Å². The number of rotatable bonds is 7. The molecule has 0 radical (unpaired) electrons. The Morgan fingerprint density at radius 2 is 2.03 bits per heavy atom. The molecule has 2 aromatic carbocycles. The van der Waals surface area contributed by atoms with Gasteiger partial charge in [0, 0.05) is 12.4 Å². The number of hydrogen-bond acceptors (Lipinski definition) is 7. The molecule has 1 fully saturated rings. The van der Waals surface area contributed by atoms with Crippen molar-refractivity contribution in [3.8, 4) is 5.75 Å². The maximum atomic E-state index is 13.3. The van der Waals surface area contributed by atoms with Gasteiger partial charge in [-0.2, -0.15) is 0 Å². The highest BCUT2D eigenvalue weighted by Crippen LogP contribution is 2.25. The molecule has 0 amide bonds. The van der Waals surface area contributed by atoms with E-state index < -0.39 is 5.97 Å². The van der Waals surface area contributed by atoms with Gasteiger partial charge in [0.05, 0.1) is 43.3 Å². The molecule has 0 spiro atoms. The summed E-state index contributed by atoms with van der Waals surface area (Å²) in [5.74, 6) is 0.979. The lowest BCUT2D eigenvalue weighted by Crippen LogP contribution is -2.29. The minimum Gasteiger partial charge on any atom is -0.497 e. The number of fused-ring (bicyclic) bond motifs is 1. The quantitative estimate of drug-likeness (QED) is 0.315. The monoisotopic (exact) mass is 440 g/mol. The van der Waals surface area contributed by atoms with E-state index in [-0.39, 0.29) is 11.7 Å². The van der Waals surface area contributed by atoms with E-state index in [9.17, 15) is 9.59 Å². The fourth-order valence-corrected chi connectivity index (χ4v) is 4.54. The van der Waals surface area contributed by atoms with Crippen LogP contribution in [0.25, 0.3) is 10.9 Å². The minimum absolute atomic E-state index is 0.00614. The number of thioether (sulfide) groups is 1. The average Bonchev–Trinajstić information content (AvgIpc) is 3.32. The summed E-state index contributed by atoms with van der Waals surface area (Å²) in [6.07, 6.45) is 1.93. The van der Waals surface area contributed by atoms with Crippen LogP contribution in [0, 0.1) is 0 Å². The van der Waals surface area contributed by atoms with Crippen LogP contribution in [0.15, 0.2) is 52.4 Å². The molecule has 1 saturated heterocycles. The van der Waals surface area contributed by atoms with E-state index in [1.165, 1.54) is 18.9 Å². The lowest BCUT2D eigenvalue weighted by Gasteiger charge is -2.17. The van der Waals surface area contributed by atoms with Crippen molar-refractivity contribution in [2.75, 3.05) is 20.8 Å². The van der Waals surface area contributed by atoms with Gasteiger partial charge in [-0.15, -0.1) is 0 Å². The fourth-order valence-electron chi connectivity index (χ4n) is 3.58.